The average Bonchev–Trinajstić information content (AvgIpc) is 2.76. The van der Waals surface area contributed by atoms with E-state index < -0.39 is 34.3 Å². The second-order valence-electron chi connectivity index (χ2n) is 5.98. The van der Waals surface area contributed by atoms with Crippen LogP contribution in [0.15, 0.2) is 6.07 Å². The smallest absolute Gasteiger partial charge is 0.186 e. The summed E-state index contributed by atoms with van der Waals surface area (Å²) in [6.45, 7) is 5.34. The molecule has 0 radical (unpaired) electrons. The van der Waals surface area contributed by atoms with E-state index in [1.807, 2.05) is 0 Å². The summed E-state index contributed by atoms with van der Waals surface area (Å²) in [5.41, 5.74) is -2.11. The molecule has 6 heteroatoms. The van der Waals surface area contributed by atoms with Crippen molar-refractivity contribution in [3.63, 3.8) is 0 Å². The Morgan fingerprint density at radius 3 is 2.43 bits per heavy atom. The molecule has 1 aromatic carbocycles. The Balaban J connectivity index is 2.46. The summed E-state index contributed by atoms with van der Waals surface area (Å²) < 4.78 is 41.9. The van der Waals surface area contributed by atoms with E-state index in [-0.39, 0.29) is 12.0 Å². The van der Waals surface area contributed by atoms with Crippen LogP contribution in [0.4, 0.5) is 18.9 Å². The van der Waals surface area contributed by atoms with Gasteiger partial charge in [-0.1, -0.05) is 0 Å². The van der Waals surface area contributed by atoms with Crippen LogP contribution in [0.3, 0.4) is 0 Å². The zero-order valence-corrected chi connectivity index (χ0v) is 12.1. The molecule has 114 valence electrons. The minimum Gasteiger partial charge on any atom is -0.390 e. The molecule has 0 aliphatic carbocycles. The van der Waals surface area contributed by atoms with Crippen molar-refractivity contribution in [2.24, 2.45) is 5.92 Å². The molecule has 1 aliphatic rings. The van der Waals surface area contributed by atoms with Crippen LogP contribution in [0.25, 0.3) is 0 Å². The van der Waals surface area contributed by atoms with Crippen molar-refractivity contribution in [1.82, 2.24) is 0 Å². The summed E-state index contributed by atoms with van der Waals surface area (Å²) in [4.78, 5) is 1.41. The second kappa shape index (κ2) is 5.23. The highest BCUT2D eigenvalue weighted by Crippen LogP contribution is 2.39. The first-order valence-corrected chi connectivity index (χ1v) is 6.75. The van der Waals surface area contributed by atoms with E-state index in [0.29, 0.717) is 19.0 Å². The van der Waals surface area contributed by atoms with Gasteiger partial charge in [0.15, 0.2) is 17.5 Å². The molecule has 0 spiro atoms. The van der Waals surface area contributed by atoms with Gasteiger partial charge in [0.2, 0.25) is 0 Å². The number of benzene rings is 1. The molecule has 1 aromatic rings. The summed E-state index contributed by atoms with van der Waals surface area (Å²) in [7, 11) is 0. The second-order valence-corrected chi connectivity index (χ2v) is 5.98. The van der Waals surface area contributed by atoms with Gasteiger partial charge in [-0.2, -0.15) is 5.26 Å². The first-order valence-electron chi connectivity index (χ1n) is 6.75. The van der Waals surface area contributed by atoms with E-state index in [0.717, 1.165) is 0 Å². The number of halogens is 3. The zero-order chi connectivity index (χ0) is 15.9. The molecule has 1 N–H and O–H groups in total. The molecular weight excluding hydrogens is 281 g/mol. The van der Waals surface area contributed by atoms with Crippen LogP contribution in [-0.2, 0) is 0 Å². The van der Waals surface area contributed by atoms with Gasteiger partial charge in [-0.25, -0.2) is 13.2 Å². The first-order chi connectivity index (χ1) is 9.68. The van der Waals surface area contributed by atoms with Gasteiger partial charge >= 0.3 is 0 Å². The molecule has 2 atom stereocenters. The lowest BCUT2D eigenvalue weighted by Crippen LogP contribution is -2.40. The van der Waals surface area contributed by atoms with Crippen molar-refractivity contribution in [3.05, 3.63) is 29.1 Å². The van der Waals surface area contributed by atoms with Gasteiger partial charge in [-0.15, -0.1) is 0 Å². The molecule has 0 bridgehead atoms. The van der Waals surface area contributed by atoms with E-state index >= 15 is 0 Å². The molecule has 2 unspecified atom stereocenters. The summed E-state index contributed by atoms with van der Waals surface area (Å²) in [6, 6.07) is 1.79. The molecule has 1 heterocycles. The summed E-state index contributed by atoms with van der Waals surface area (Å²) >= 11 is 0. The molecule has 21 heavy (non-hydrogen) atoms. The van der Waals surface area contributed by atoms with Gasteiger partial charge in [-0.3, -0.25) is 0 Å². The molecule has 1 saturated heterocycles. The molecule has 0 saturated carbocycles. The quantitative estimate of drug-likeness (QED) is 0.854. The van der Waals surface area contributed by atoms with Gasteiger partial charge in [-0.05, 0) is 33.3 Å². The fraction of sp³-hybridized carbons (Fsp3) is 0.533. The molecule has 0 amide bonds. The number of rotatable bonds is 2. The maximum absolute atomic E-state index is 14.1. The number of aliphatic hydroxyl groups is 1. The Hall–Kier alpha value is -1.74. The maximum Gasteiger partial charge on any atom is 0.186 e. The largest absolute Gasteiger partial charge is 0.390 e. The Morgan fingerprint density at radius 2 is 1.95 bits per heavy atom. The Bertz CT molecular complexity index is 604. The van der Waals surface area contributed by atoms with E-state index in [1.165, 1.54) is 11.0 Å². The first kappa shape index (κ1) is 15.6. The molecule has 2 rings (SSSR count). The number of nitrogens with zero attached hydrogens (tertiary/aromatic N) is 2. The normalized spacial score (nSPS) is 22.5. The number of nitriles is 1. The monoisotopic (exact) mass is 298 g/mol. The van der Waals surface area contributed by atoms with Crippen molar-refractivity contribution in [2.45, 2.75) is 38.8 Å². The van der Waals surface area contributed by atoms with Crippen molar-refractivity contribution in [1.29, 1.82) is 5.26 Å². The van der Waals surface area contributed by atoms with E-state index in [1.54, 1.807) is 20.8 Å². The van der Waals surface area contributed by atoms with Crippen LogP contribution in [0.5, 0.6) is 0 Å². The molecular formula is C15H17F3N2O. The number of hydrogen-bond acceptors (Lipinski definition) is 3. The maximum atomic E-state index is 14.1. The third-order valence-corrected chi connectivity index (χ3v) is 4.20. The van der Waals surface area contributed by atoms with Crippen LogP contribution < -0.4 is 4.90 Å². The molecule has 1 aliphatic heterocycles. The van der Waals surface area contributed by atoms with Crippen LogP contribution in [-0.4, -0.2) is 23.3 Å². The summed E-state index contributed by atoms with van der Waals surface area (Å²) in [5, 5.41) is 18.8. The third kappa shape index (κ3) is 2.58. The number of anilines is 1. The van der Waals surface area contributed by atoms with Gasteiger partial charge < -0.3 is 10.0 Å². The van der Waals surface area contributed by atoms with Crippen molar-refractivity contribution >= 4 is 5.69 Å². The lowest BCUT2D eigenvalue weighted by molar-refractivity contribution is 0.0156. The minimum absolute atomic E-state index is 0.185. The van der Waals surface area contributed by atoms with Crippen molar-refractivity contribution in [3.8, 4) is 6.07 Å². The minimum atomic E-state index is -1.35. The molecule has 3 nitrogen and oxygen atoms in total. The lowest BCUT2D eigenvalue weighted by atomic mass is 9.85. The Morgan fingerprint density at radius 1 is 1.33 bits per heavy atom. The number of hydrogen-bond donors (Lipinski definition) is 1. The van der Waals surface area contributed by atoms with E-state index in [2.05, 4.69) is 0 Å². The predicted octanol–water partition coefficient (Wildman–Crippen LogP) is 2.96. The van der Waals surface area contributed by atoms with Crippen molar-refractivity contribution < 1.29 is 18.3 Å². The Kier molecular flexibility index (Phi) is 3.89. The van der Waals surface area contributed by atoms with Crippen LogP contribution in [0.2, 0.25) is 0 Å². The Labute approximate surface area is 121 Å². The fourth-order valence-corrected chi connectivity index (χ4v) is 3.13. The van der Waals surface area contributed by atoms with Crippen LogP contribution >= 0.6 is 0 Å². The molecule has 0 aromatic heterocycles. The standard InChI is InChI=1S/C15H17F3N2O/c1-8-10(15(2,3)21)4-5-20(8)14-11(16)6-9(7-19)12(17)13(14)18/h6,8,10,21H,4-5H2,1-3H3. The lowest BCUT2D eigenvalue weighted by Gasteiger charge is -2.33. The van der Waals surface area contributed by atoms with Crippen LogP contribution in [0, 0.1) is 34.7 Å². The predicted molar refractivity (Wildman–Crippen MR) is 72.2 cm³/mol. The van der Waals surface area contributed by atoms with Crippen molar-refractivity contribution in [2.75, 3.05) is 11.4 Å². The van der Waals surface area contributed by atoms with E-state index in [9.17, 15) is 18.3 Å². The van der Waals surface area contributed by atoms with Gasteiger partial charge in [0.1, 0.15) is 11.8 Å². The van der Waals surface area contributed by atoms with Gasteiger partial charge in [0.05, 0.1) is 11.2 Å². The summed E-state index contributed by atoms with van der Waals surface area (Å²) in [6.07, 6.45) is 0.547. The van der Waals surface area contributed by atoms with Gasteiger partial charge in [0, 0.05) is 18.5 Å². The SMILES string of the molecule is CC1C(C(C)(C)O)CCN1c1c(F)cc(C#N)c(F)c1F. The topological polar surface area (TPSA) is 47.3 Å². The average molecular weight is 298 g/mol. The zero-order valence-electron chi connectivity index (χ0n) is 12.1. The molecule has 1 fully saturated rings. The van der Waals surface area contributed by atoms with E-state index in [4.69, 9.17) is 5.26 Å². The highest BCUT2D eigenvalue weighted by atomic mass is 19.2. The highest BCUT2D eigenvalue weighted by Gasteiger charge is 2.41. The highest BCUT2D eigenvalue weighted by molar-refractivity contribution is 5.55. The van der Waals surface area contributed by atoms with Gasteiger partial charge in [0.25, 0.3) is 0 Å². The fourth-order valence-electron chi connectivity index (χ4n) is 3.13. The van der Waals surface area contributed by atoms with Crippen LogP contribution in [0.1, 0.15) is 32.8 Å². The summed E-state index contributed by atoms with van der Waals surface area (Å²) in [5.74, 6) is -3.84. The third-order valence-electron chi connectivity index (χ3n) is 4.20.